The summed E-state index contributed by atoms with van der Waals surface area (Å²) in [7, 11) is 0. The summed E-state index contributed by atoms with van der Waals surface area (Å²) in [6, 6.07) is 0. The van der Waals surface area contributed by atoms with Crippen LogP contribution in [0.3, 0.4) is 0 Å². The van der Waals surface area contributed by atoms with E-state index >= 15 is 0 Å². The molecule has 0 amide bonds. The van der Waals surface area contributed by atoms with Gasteiger partial charge in [0.15, 0.2) is 0 Å². The summed E-state index contributed by atoms with van der Waals surface area (Å²) in [5.74, 6) is -0.693. The summed E-state index contributed by atoms with van der Waals surface area (Å²) in [5, 5.41) is 8.48. The second-order valence-corrected chi connectivity index (χ2v) is 5.10. The smallest absolute Gasteiger partial charge is 0.303 e. The number of hydrogen-bond donors (Lipinski definition) is 1. The molecule has 0 rings (SSSR count). The molecule has 2 nitrogen and oxygen atoms in total. The molecule has 0 atom stereocenters. The van der Waals surface area contributed by atoms with Crippen molar-refractivity contribution in [1.29, 1.82) is 0 Å². The minimum atomic E-state index is -0.693. The van der Waals surface area contributed by atoms with Crippen molar-refractivity contribution >= 4 is 5.97 Å². The Morgan fingerprint density at radius 3 is 1.79 bits per heavy atom. The second kappa shape index (κ2) is 15.0. The third-order valence-corrected chi connectivity index (χ3v) is 3.21. The van der Waals surface area contributed by atoms with Crippen LogP contribution in [0.1, 0.15) is 77.0 Å². The van der Waals surface area contributed by atoms with Crippen LogP contribution < -0.4 is 0 Å². The monoisotopic (exact) mass is 266 g/mol. The summed E-state index contributed by atoms with van der Waals surface area (Å²) in [4.78, 5) is 10.3. The van der Waals surface area contributed by atoms with Gasteiger partial charge in [0.25, 0.3) is 0 Å². The molecule has 1 N–H and O–H groups in total. The topological polar surface area (TPSA) is 37.3 Å². The van der Waals surface area contributed by atoms with E-state index in [4.69, 9.17) is 5.11 Å². The van der Waals surface area contributed by atoms with Crippen LogP contribution in [-0.4, -0.2) is 11.1 Å². The standard InChI is InChI=1S/C17H30O2/c1-2-3-4-5-6-7-8-9-10-11-12-13-14-15-16-17(18)19/h2,12-13H,1,3-11,14-16H2,(H,18,19). The van der Waals surface area contributed by atoms with E-state index in [0.717, 1.165) is 25.7 Å². The zero-order valence-corrected chi connectivity index (χ0v) is 12.3. The third-order valence-electron chi connectivity index (χ3n) is 3.21. The minimum Gasteiger partial charge on any atom is -0.481 e. The van der Waals surface area contributed by atoms with E-state index in [9.17, 15) is 4.79 Å². The normalized spacial score (nSPS) is 10.9. The molecule has 0 fully saturated rings. The second-order valence-electron chi connectivity index (χ2n) is 5.10. The predicted molar refractivity (Wildman–Crippen MR) is 82.4 cm³/mol. The lowest BCUT2D eigenvalue weighted by molar-refractivity contribution is -0.137. The maximum atomic E-state index is 10.3. The van der Waals surface area contributed by atoms with Gasteiger partial charge in [0.05, 0.1) is 0 Å². The van der Waals surface area contributed by atoms with Crippen molar-refractivity contribution in [2.24, 2.45) is 0 Å². The van der Waals surface area contributed by atoms with Gasteiger partial charge in [-0.05, 0) is 38.5 Å². The van der Waals surface area contributed by atoms with Crippen molar-refractivity contribution in [3.63, 3.8) is 0 Å². The molecule has 0 aliphatic carbocycles. The first-order valence-corrected chi connectivity index (χ1v) is 7.75. The maximum absolute atomic E-state index is 10.3. The molecule has 0 saturated carbocycles. The van der Waals surface area contributed by atoms with E-state index < -0.39 is 5.97 Å². The SMILES string of the molecule is C=CCCCCCCCCCC=CCCCC(=O)O. The van der Waals surface area contributed by atoms with Crippen LogP contribution in [0.2, 0.25) is 0 Å². The van der Waals surface area contributed by atoms with Crippen LogP contribution in [0.4, 0.5) is 0 Å². The van der Waals surface area contributed by atoms with E-state index in [1.165, 1.54) is 44.9 Å². The van der Waals surface area contributed by atoms with E-state index in [1.54, 1.807) is 0 Å². The molecule has 0 aromatic heterocycles. The Balaban J connectivity index is 3.07. The zero-order valence-electron chi connectivity index (χ0n) is 12.3. The van der Waals surface area contributed by atoms with Crippen molar-refractivity contribution in [1.82, 2.24) is 0 Å². The van der Waals surface area contributed by atoms with E-state index in [0.29, 0.717) is 0 Å². The van der Waals surface area contributed by atoms with Crippen molar-refractivity contribution in [3.05, 3.63) is 24.8 Å². The average molecular weight is 266 g/mol. The fourth-order valence-corrected chi connectivity index (χ4v) is 2.04. The molecule has 0 unspecified atom stereocenters. The highest BCUT2D eigenvalue weighted by atomic mass is 16.4. The third kappa shape index (κ3) is 16.9. The summed E-state index contributed by atoms with van der Waals surface area (Å²) in [6.07, 6.45) is 19.9. The van der Waals surface area contributed by atoms with Crippen LogP contribution in [0.15, 0.2) is 24.8 Å². The predicted octanol–water partition coefficient (Wildman–Crippen LogP) is 5.49. The number of rotatable bonds is 14. The molecule has 0 heterocycles. The lowest BCUT2D eigenvalue weighted by Crippen LogP contribution is -1.92. The molecule has 0 spiro atoms. The number of carboxylic acids is 1. The van der Waals surface area contributed by atoms with Gasteiger partial charge in [-0.2, -0.15) is 0 Å². The van der Waals surface area contributed by atoms with Crippen LogP contribution in [-0.2, 0) is 4.79 Å². The molecular formula is C17H30O2. The molecule has 0 aromatic carbocycles. The Hall–Kier alpha value is -1.05. The molecule has 2 heteroatoms. The van der Waals surface area contributed by atoms with Gasteiger partial charge < -0.3 is 5.11 Å². The van der Waals surface area contributed by atoms with Crippen molar-refractivity contribution in [3.8, 4) is 0 Å². The first kappa shape index (κ1) is 17.9. The average Bonchev–Trinajstić information content (AvgIpc) is 2.39. The largest absolute Gasteiger partial charge is 0.481 e. The van der Waals surface area contributed by atoms with Gasteiger partial charge in [0, 0.05) is 6.42 Å². The van der Waals surface area contributed by atoms with E-state index in [-0.39, 0.29) is 6.42 Å². The maximum Gasteiger partial charge on any atom is 0.303 e. The fourth-order valence-electron chi connectivity index (χ4n) is 2.04. The van der Waals surface area contributed by atoms with Gasteiger partial charge in [-0.1, -0.05) is 50.3 Å². The Kier molecular flexibility index (Phi) is 14.2. The van der Waals surface area contributed by atoms with Crippen molar-refractivity contribution in [2.75, 3.05) is 0 Å². The highest BCUT2D eigenvalue weighted by molar-refractivity contribution is 5.66. The highest BCUT2D eigenvalue weighted by Gasteiger charge is 1.93. The Morgan fingerprint density at radius 1 is 0.789 bits per heavy atom. The van der Waals surface area contributed by atoms with Crippen LogP contribution in [0, 0.1) is 0 Å². The van der Waals surface area contributed by atoms with Gasteiger partial charge in [-0.3, -0.25) is 4.79 Å². The Bertz CT molecular complexity index is 244. The van der Waals surface area contributed by atoms with Crippen LogP contribution in [0.25, 0.3) is 0 Å². The van der Waals surface area contributed by atoms with Crippen molar-refractivity contribution in [2.45, 2.75) is 77.0 Å². The van der Waals surface area contributed by atoms with Gasteiger partial charge in [0.2, 0.25) is 0 Å². The lowest BCUT2D eigenvalue weighted by Gasteiger charge is -2.00. The highest BCUT2D eigenvalue weighted by Crippen LogP contribution is 2.10. The van der Waals surface area contributed by atoms with Crippen molar-refractivity contribution < 1.29 is 9.90 Å². The summed E-state index contributed by atoms with van der Waals surface area (Å²) < 4.78 is 0. The molecule has 19 heavy (non-hydrogen) atoms. The first-order valence-electron chi connectivity index (χ1n) is 7.75. The fraction of sp³-hybridized carbons (Fsp3) is 0.706. The summed E-state index contributed by atoms with van der Waals surface area (Å²) in [5.41, 5.74) is 0. The van der Waals surface area contributed by atoms with Crippen LogP contribution >= 0.6 is 0 Å². The molecule has 0 aromatic rings. The van der Waals surface area contributed by atoms with Crippen LogP contribution in [0.5, 0.6) is 0 Å². The number of aliphatic carboxylic acids is 1. The summed E-state index contributed by atoms with van der Waals surface area (Å²) in [6.45, 7) is 3.73. The number of unbranched alkanes of at least 4 members (excludes halogenated alkanes) is 9. The van der Waals surface area contributed by atoms with E-state index in [1.807, 2.05) is 6.08 Å². The molecular weight excluding hydrogens is 236 g/mol. The van der Waals surface area contributed by atoms with Gasteiger partial charge in [-0.15, -0.1) is 6.58 Å². The molecule has 0 aliphatic heterocycles. The minimum absolute atomic E-state index is 0.288. The molecule has 0 saturated heterocycles. The number of hydrogen-bond acceptors (Lipinski definition) is 1. The van der Waals surface area contributed by atoms with E-state index in [2.05, 4.69) is 18.7 Å². The Labute approximate surface area is 118 Å². The number of carboxylic acid groups (broad SMARTS) is 1. The summed E-state index contributed by atoms with van der Waals surface area (Å²) >= 11 is 0. The quantitative estimate of drug-likeness (QED) is 0.333. The first-order chi connectivity index (χ1) is 9.27. The molecule has 0 bridgehead atoms. The van der Waals surface area contributed by atoms with Gasteiger partial charge in [0.1, 0.15) is 0 Å². The zero-order chi connectivity index (χ0) is 14.2. The van der Waals surface area contributed by atoms with Gasteiger partial charge in [-0.25, -0.2) is 0 Å². The van der Waals surface area contributed by atoms with Gasteiger partial charge >= 0.3 is 5.97 Å². The molecule has 0 aliphatic rings. The Morgan fingerprint density at radius 2 is 1.26 bits per heavy atom. The molecule has 0 radical (unpaired) electrons. The molecule has 110 valence electrons. The lowest BCUT2D eigenvalue weighted by atomic mass is 10.1. The number of carbonyl (C=O) groups is 1. The number of allylic oxidation sites excluding steroid dienone is 3.